The first-order valence-electron chi connectivity index (χ1n) is 10.3. The van der Waals surface area contributed by atoms with Crippen LogP contribution in [0.5, 0.6) is 0 Å². The fraction of sp³-hybridized carbons (Fsp3) is 0.636. The van der Waals surface area contributed by atoms with Gasteiger partial charge in [0, 0.05) is 7.05 Å². The molecular weight excluding hydrogens is 384 g/mol. The number of hydroxylamine groups is 2. The molecule has 0 unspecified atom stereocenters. The molecular formula is C22H36N2O4Si. The molecule has 0 bridgehead atoms. The van der Waals surface area contributed by atoms with Crippen LogP contribution >= 0.6 is 0 Å². The second-order valence-corrected chi connectivity index (χ2v) is 14.2. The number of nitrogens with zero attached hydrogens (tertiary/aromatic N) is 1. The molecule has 6 nitrogen and oxygen atoms in total. The molecule has 1 aromatic carbocycles. The van der Waals surface area contributed by atoms with Crippen molar-refractivity contribution < 1.29 is 18.9 Å². The summed E-state index contributed by atoms with van der Waals surface area (Å²) < 4.78 is 6.45. The summed E-state index contributed by atoms with van der Waals surface area (Å²) in [6, 6.07) is 10.1. The summed E-state index contributed by atoms with van der Waals surface area (Å²) >= 11 is 0. The third kappa shape index (κ3) is 6.14. The lowest BCUT2D eigenvalue weighted by molar-refractivity contribution is -0.170. The minimum Gasteiger partial charge on any atom is -0.413 e. The zero-order valence-electron chi connectivity index (χ0n) is 18.9. The van der Waals surface area contributed by atoms with E-state index in [0.29, 0.717) is 0 Å². The van der Waals surface area contributed by atoms with Crippen molar-refractivity contribution in [2.24, 2.45) is 0 Å². The molecule has 0 saturated heterocycles. The molecule has 1 saturated carbocycles. The van der Waals surface area contributed by atoms with E-state index < -0.39 is 14.4 Å². The summed E-state index contributed by atoms with van der Waals surface area (Å²) in [5.74, 6) is -0.281. The lowest BCUT2D eigenvalue weighted by Gasteiger charge is -2.39. The van der Waals surface area contributed by atoms with Gasteiger partial charge in [0.15, 0.2) is 8.32 Å². The van der Waals surface area contributed by atoms with Crippen molar-refractivity contribution in [3.63, 3.8) is 0 Å². The van der Waals surface area contributed by atoms with E-state index in [1.807, 2.05) is 30.3 Å². The maximum absolute atomic E-state index is 12.9. The van der Waals surface area contributed by atoms with E-state index in [1.165, 1.54) is 12.2 Å². The molecule has 29 heavy (non-hydrogen) atoms. The third-order valence-electron chi connectivity index (χ3n) is 6.16. The molecule has 0 aromatic heterocycles. The number of hydrogen-bond acceptors (Lipinski definition) is 4. The standard InChI is InChI=1S/C22H36N2O4Si/c1-21(2,3)29(6,7)28-18(16-20(26)24(4)27-5)15-19(25)23-22(13-14-22)17-11-9-8-10-12-17/h8-12,18H,13-16H2,1-7H3,(H,23,25)/t18-/m0/s1. The molecule has 1 N–H and O–H groups in total. The SMILES string of the molecule is CON(C)C(=O)C[C@H](CC(=O)NC1(c2ccccc2)CC1)O[Si](C)(C)C(C)(C)C. The first-order chi connectivity index (χ1) is 13.4. The highest BCUT2D eigenvalue weighted by Gasteiger charge is 2.46. The maximum atomic E-state index is 12.9. The Morgan fingerprint density at radius 1 is 1.17 bits per heavy atom. The number of rotatable bonds is 9. The van der Waals surface area contributed by atoms with Crippen molar-refractivity contribution in [1.82, 2.24) is 10.4 Å². The molecule has 7 heteroatoms. The van der Waals surface area contributed by atoms with Gasteiger partial charge in [-0.05, 0) is 36.5 Å². The molecule has 1 aromatic rings. The normalized spacial score (nSPS) is 16.8. The molecule has 0 heterocycles. The van der Waals surface area contributed by atoms with E-state index in [0.717, 1.165) is 18.4 Å². The third-order valence-corrected chi connectivity index (χ3v) is 10.7. The lowest BCUT2D eigenvalue weighted by atomic mass is 10.0. The summed E-state index contributed by atoms with van der Waals surface area (Å²) in [5.41, 5.74) is 0.859. The second-order valence-electron chi connectivity index (χ2n) is 9.48. The van der Waals surface area contributed by atoms with Crippen LogP contribution in [0.2, 0.25) is 18.1 Å². The van der Waals surface area contributed by atoms with E-state index in [4.69, 9.17) is 9.26 Å². The van der Waals surface area contributed by atoms with Gasteiger partial charge in [0.1, 0.15) is 0 Å². The monoisotopic (exact) mass is 420 g/mol. The zero-order chi connectivity index (χ0) is 21.9. The van der Waals surface area contributed by atoms with E-state index in [1.54, 1.807) is 7.05 Å². The van der Waals surface area contributed by atoms with Crippen molar-refractivity contribution in [3.05, 3.63) is 35.9 Å². The second kappa shape index (κ2) is 8.98. The van der Waals surface area contributed by atoms with E-state index in [9.17, 15) is 9.59 Å². The van der Waals surface area contributed by atoms with Gasteiger partial charge in [0.05, 0.1) is 31.6 Å². The highest BCUT2D eigenvalue weighted by Crippen LogP contribution is 2.45. The molecule has 1 aliphatic rings. The van der Waals surface area contributed by atoms with Gasteiger partial charge in [-0.1, -0.05) is 51.1 Å². The van der Waals surface area contributed by atoms with Crippen LogP contribution in [0.25, 0.3) is 0 Å². The van der Waals surface area contributed by atoms with E-state index >= 15 is 0 Å². The number of amides is 2. The van der Waals surface area contributed by atoms with Crippen LogP contribution in [0.15, 0.2) is 30.3 Å². The van der Waals surface area contributed by atoms with Crippen LogP contribution in [0, 0.1) is 0 Å². The molecule has 2 rings (SSSR count). The Morgan fingerprint density at radius 3 is 2.24 bits per heavy atom. The average Bonchev–Trinajstić information content (AvgIpc) is 3.40. The quantitative estimate of drug-likeness (QED) is 0.485. The fourth-order valence-electron chi connectivity index (χ4n) is 3.07. The number of hydrogen-bond donors (Lipinski definition) is 1. The minimum absolute atomic E-state index is 0.0142. The van der Waals surface area contributed by atoms with Crippen molar-refractivity contribution >= 4 is 20.1 Å². The molecule has 1 atom stereocenters. The van der Waals surface area contributed by atoms with Crippen molar-refractivity contribution in [1.29, 1.82) is 0 Å². The summed E-state index contributed by atoms with van der Waals surface area (Å²) in [6.45, 7) is 10.7. The van der Waals surface area contributed by atoms with Crippen LogP contribution in [0.4, 0.5) is 0 Å². The first-order valence-corrected chi connectivity index (χ1v) is 13.2. The molecule has 0 spiro atoms. The molecule has 162 valence electrons. The van der Waals surface area contributed by atoms with E-state index in [2.05, 4.69) is 39.2 Å². The van der Waals surface area contributed by atoms with Crippen molar-refractivity contribution in [2.45, 2.75) is 76.2 Å². The maximum Gasteiger partial charge on any atom is 0.248 e. The topological polar surface area (TPSA) is 67.9 Å². The Hall–Kier alpha value is -1.70. The van der Waals surface area contributed by atoms with Gasteiger partial charge in [-0.2, -0.15) is 0 Å². The molecule has 0 radical (unpaired) electrons. The van der Waals surface area contributed by atoms with Gasteiger partial charge >= 0.3 is 0 Å². The Balaban J connectivity index is 2.10. The largest absolute Gasteiger partial charge is 0.413 e. The summed E-state index contributed by atoms with van der Waals surface area (Å²) in [7, 11) is 0.874. The average molecular weight is 421 g/mol. The number of carbonyl (C=O) groups is 2. The Bertz CT molecular complexity index is 711. The minimum atomic E-state index is -2.15. The van der Waals surface area contributed by atoms with Crippen LogP contribution in [-0.2, 0) is 24.4 Å². The Kier molecular flexibility index (Phi) is 7.30. The molecule has 0 aliphatic heterocycles. The fourth-order valence-corrected chi connectivity index (χ4v) is 4.42. The summed E-state index contributed by atoms with van der Waals surface area (Å²) in [5, 5.41) is 4.37. The molecule has 2 amide bonds. The van der Waals surface area contributed by atoms with E-state index in [-0.39, 0.29) is 35.2 Å². The van der Waals surface area contributed by atoms with Crippen LogP contribution < -0.4 is 5.32 Å². The Labute approximate surface area is 176 Å². The predicted octanol–water partition coefficient (Wildman–Crippen LogP) is 3.98. The van der Waals surface area contributed by atoms with Gasteiger partial charge in [0.25, 0.3) is 0 Å². The first kappa shape index (κ1) is 23.6. The summed E-state index contributed by atoms with van der Waals surface area (Å²) in [4.78, 5) is 30.3. The van der Waals surface area contributed by atoms with Gasteiger partial charge in [-0.3, -0.25) is 14.4 Å². The van der Waals surface area contributed by atoms with Gasteiger partial charge in [0.2, 0.25) is 11.8 Å². The zero-order valence-corrected chi connectivity index (χ0v) is 19.9. The number of carbonyl (C=O) groups excluding carboxylic acids is 2. The molecule has 1 fully saturated rings. The van der Waals surface area contributed by atoms with Gasteiger partial charge < -0.3 is 9.74 Å². The highest BCUT2D eigenvalue weighted by atomic mass is 28.4. The summed E-state index contributed by atoms with van der Waals surface area (Å²) in [6.07, 6.45) is 1.66. The van der Waals surface area contributed by atoms with Gasteiger partial charge in [-0.25, -0.2) is 5.06 Å². The van der Waals surface area contributed by atoms with Crippen molar-refractivity contribution in [2.75, 3.05) is 14.2 Å². The smallest absolute Gasteiger partial charge is 0.248 e. The number of benzene rings is 1. The molecule has 1 aliphatic carbocycles. The van der Waals surface area contributed by atoms with Crippen molar-refractivity contribution in [3.8, 4) is 0 Å². The lowest BCUT2D eigenvalue weighted by Crippen LogP contribution is -2.47. The van der Waals surface area contributed by atoms with Crippen LogP contribution in [-0.4, -0.2) is 45.5 Å². The van der Waals surface area contributed by atoms with Crippen LogP contribution in [0.1, 0.15) is 52.0 Å². The highest BCUT2D eigenvalue weighted by molar-refractivity contribution is 6.74. The Morgan fingerprint density at radius 2 is 1.76 bits per heavy atom. The predicted molar refractivity (Wildman–Crippen MR) is 117 cm³/mol. The van der Waals surface area contributed by atoms with Crippen LogP contribution in [0.3, 0.4) is 0 Å². The number of nitrogens with one attached hydrogen (secondary N) is 1. The van der Waals surface area contributed by atoms with Gasteiger partial charge in [-0.15, -0.1) is 0 Å².